The smallest absolute Gasteiger partial charge is 0.322 e. The lowest BCUT2D eigenvalue weighted by Gasteiger charge is -2.51. The van der Waals surface area contributed by atoms with Crippen LogP contribution in [0.1, 0.15) is 40.6 Å². The molecule has 2 heterocycles. The molecule has 0 radical (unpaired) electrons. The molecule has 3 atom stereocenters. The van der Waals surface area contributed by atoms with Gasteiger partial charge in [0.05, 0.1) is 17.7 Å². The Kier molecular flexibility index (Phi) is 6.90. The van der Waals surface area contributed by atoms with Gasteiger partial charge in [0, 0.05) is 33.9 Å². The summed E-state index contributed by atoms with van der Waals surface area (Å²) >= 11 is 12.5. The fourth-order valence-electron chi connectivity index (χ4n) is 6.33. The molecule has 2 N–H and O–H groups in total. The molecule has 0 bridgehead atoms. The quantitative estimate of drug-likeness (QED) is 0.259. The van der Waals surface area contributed by atoms with Gasteiger partial charge in [-0.25, -0.2) is 9.18 Å². The van der Waals surface area contributed by atoms with E-state index in [2.05, 4.69) is 16.7 Å². The fraction of sp³-hybridized carbons (Fsp3) is 0.156. The number of nitrogens with one attached hydrogen (secondary N) is 2. The first kappa shape index (κ1) is 26.8. The zero-order chi connectivity index (χ0) is 28.7. The van der Waals surface area contributed by atoms with Crippen molar-refractivity contribution in [3.63, 3.8) is 0 Å². The largest absolute Gasteiger partial charge is 0.325 e. The van der Waals surface area contributed by atoms with E-state index in [1.807, 2.05) is 18.2 Å². The van der Waals surface area contributed by atoms with Crippen molar-refractivity contribution in [2.75, 3.05) is 17.2 Å². The van der Waals surface area contributed by atoms with Crippen LogP contribution in [-0.4, -0.2) is 23.4 Å². The highest BCUT2D eigenvalue weighted by Gasteiger charge is 2.62. The number of urea groups is 1. The van der Waals surface area contributed by atoms with Gasteiger partial charge in [0.15, 0.2) is 0 Å². The molecule has 0 saturated carbocycles. The molecule has 3 amide bonds. The van der Waals surface area contributed by atoms with Gasteiger partial charge in [0.1, 0.15) is 11.2 Å². The van der Waals surface area contributed by atoms with Crippen molar-refractivity contribution < 1.29 is 14.0 Å². The predicted molar refractivity (Wildman–Crippen MR) is 157 cm³/mol. The maximum atomic E-state index is 14.8. The molecule has 1 fully saturated rings. The van der Waals surface area contributed by atoms with E-state index < -0.39 is 23.3 Å². The standard InChI is InChI=1S/C32H23Cl2FN4O2/c33-22-9-7-20(8-10-22)26-13-14-39(31(41)37-25-6-1-3-19(15-25)18-36)29(21-4-2-5-24(35)16-21)32(26)27-12-11-23(34)17-28(27)38-30(32)40/h1-12,15-17,26,29H,13-14H2,(H,37,41)(H,38,40)/t26-,29+,32+/m0/s1. The van der Waals surface area contributed by atoms with Crippen LogP contribution < -0.4 is 10.6 Å². The van der Waals surface area contributed by atoms with Gasteiger partial charge in [-0.3, -0.25) is 4.79 Å². The number of halogens is 3. The van der Waals surface area contributed by atoms with E-state index in [0.717, 1.165) is 5.56 Å². The molecule has 9 heteroatoms. The number of piperidine rings is 1. The molecule has 0 aliphatic carbocycles. The third-order valence-corrected chi connectivity index (χ3v) is 8.43. The Morgan fingerprint density at radius 3 is 2.49 bits per heavy atom. The van der Waals surface area contributed by atoms with Crippen LogP contribution in [0.15, 0.2) is 91.0 Å². The van der Waals surface area contributed by atoms with E-state index in [9.17, 15) is 19.2 Å². The first-order valence-corrected chi connectivity index (χ1v) is 13.8. The highest BCUT2D eigenvalue weighted by atomic mass is 35.5. The van der Waals surface area contributed by atoms with E-state index in [-0.39, 0.29) is 18.4 Å². The van der Waals surface area contributed by atoms with Gasteiger partial charge in [-0.15, -0.1) is 0 Å². The molecule has 0 unspecified atom stereocenters. The van der Waals surface area contributed by atoms with Crippen LogP contribution in [0.2, 0.25) is 10.0 Å². The summed E-state index contributed by atoms with van der Waals surface area (Å²) in [5.41, 5.74) is 2.06. The minimum absolute atomic E-state index is 0.274. The van der Waals surface area contributed by atoms with Gasteiger partial charge >= 0.3 is 6.03 Å². The molecule has 41 heavy (non-hydrogen) atoms. The third kappa shape index (κ3) is 4.59. The molecule has 1 saturated heterocycles. The molecule has 1 spiro atoms. The number of hydrogen-bond donors (Lipinski definition) is 2. The Morgan fingerprint density at radius 2 is 1.73 bits per heavy atom. The summed E-state index contributed by atoms with van der Waals surface area (Å²) in [4.78, 5) is 30.0. The molecule has 2 aliphatic heterocycles. The lowest BCUT2D eigenvalue weighted by Crippen LogP contribution is -2.58. The third-order valence-electron chi connectivity index (χ3n) is 7.94. The van der Waals surface area contributed by atoms with Gasteiger partial charge in [-0.05, 0) is 77.7 Å². The SMILES string of the molecule is N#Cc1cccc(NC(=O)N2CC[C@@H](c3ccc(Cl)cc3)[C@]3(C(=O)Nc4cc(Cl)ccc43)[C@H]2c2cccc(F)c2)c1. The van der Waals surface area contributed by atoms with E-state index in [0.29, 0.717) is 44.5 Å². The van der Waals surface area contributed by atoms with Gasteiger partial charge < -0.3 is 15.5 Å². The Hall–Kier alpha value is -4.38. The second-order valence-electron chi connectivity index (χ2n) is 10.2. The lowest BCUT2D eigenvalue weighted by atomic mass is 9.59. The van der Waals surface area contributed by atoms with E-state index >= 15 is 0 Å². The number of rotatable bonds is 3. The van der Waals surface area contributed by atoms with Crippen LogP contribution in [-0.2, 0) is 10.2 Å². The van der Waals surface area contributed by atoms with Gasteiger partial charge in [0.2, 0.25) is 5.91 Å². The van der Waals surface area contributed by atoms with Crippen LogP contribution in [0.5, 0.6) is 0 Å². The number of amides is 3. The topological polar surface area (TPSA) is 85.2 Å². The second-order valence-corrected chi connectivity index (χ2v) is 11.1. The Bertz CT molecular complexity index is 1720. The average molecular weight is 585 g/mol. The maximum Gasteiger partial charge on any atom is 0.322 e. The van der Waals surface area contributed by atoms with Gasteiger partial charge in [-0.1, -0.05) is 59.6 Å². The summed E-state index contributed by atoms with van der Waals surface area (Å²) < 4.78 is 14.8. The number of hydrogen-bond acceptors (Lipinski definition) is 3. The number of fused-ring (bicyclic) bond motifs is 2. The number of likely N-dealkylation sites (tertiary alicyclic amines) is 1. The van der Waals surface area contributed by atoms with Crippen LogP contribution in [0.25, 0.3) is 0 Å². The lowest BCUT2D eigenvalue weighted by molar-refractivity contribution is -0.125. The minimum atomic E-state index is -1.33. The maximum absolute atomic E-state index is 14.8. The predicted octanol–water partition coefficient (Wildman–Crippen LogP) is 7.66. The summed E-state index contributed by atoms with van der Waals surface area (Å²) in [5.74, 6) is -1.18. The molecule has 6 nitrogen and oxygen atoms in total. The number of benzene rings is 4. The summed E-state index contributed by atoms with van der Waals surface area (Å²) in [7, 11) is 0. The zero-order valence-electron chi connectivity index (χ0n) is 21.6. The number of nitriles is 1. The Morgan fingerprint density at radius 1 is 0.976 bits per heavy atom. The highest BCUT2D eigenvalue weighted by Crippen LogP contribution is 2.60. The summed E-state index contributed by atoms with van der Waals surface area (Å²) in [5, 5.41) is 16.2. The number of carbonyl (C=O) groups is 2. The molecular weight excluding hydrogens is 562 g/mol. The summed E-state index contributed by atoms with van der Waals surface area (Å²) in [6.45, 7) is 0.274. The minimum Gasteiger partial charge on any atom is -0.325 e. The van der Waals surface area contributed by atoms with Crippen molar-refractivity contribution in [1.29, 1.82) is 5.26 Å². The van der Waals surface area contributed by atoms with Crippen molar-refractivity contribution >= 4 is 46.5 Å². The van der Waals surface area contributed by atoms with Gasteiger partial charge in [0.25, 0.3) is 0 Å². The van der Waals surface area contributed by atoms with Crippen LogP contribution in [0, 0.1) is 17.1 Å². The Labute approximate surface area is 246 Å². The molecule has 204 valence electrons. The van der Waals surface area contributed by atoms with Crippen LogP contribution in [0.3, 0.4) is 0 Å². The molecule has 4 aromatic rings. The summed E-state index contributed by atoms with van der Waals surface area (Å²) in [6, 6.07) is 25.8. The molecular formula is C32H23Cl2FN4O2. The average Bonchev–Trinajstić information content (AvgIpc) is 3.24. The number of anilines is 2. The monoisotopic (exact) mass is 584 g/mol. The van der Waals surface area contributed by atoms with Crippen LogP contribution >= 0.6 is 23.2 Å². The number of carbonyl (C=O) groups excluding carboxylic acids is 2. The number of nitrogens with zero attached hydrogens (tertiary/aromatic N) is 2. The molecule has 0 aromatic heterocycles. The Balaban J connectivity index is 1.56. The van der Waals surface area contributed by atoms with Crippen molar-refractivity contribution in [3.05, 3.63) is 129 Å². The highest BCUT2D eigenvalue weighted by molar-refractivity contribution is 6.31. The normalized spacial score (nSPS) is 21.2. The first-order valence-electron chi connectivity index (χ1n) is 13.0. The molecule has 4 aromatic carbocycles. The second kappa shape index (κ2) is 10.5. The first-order chi connectivity index (χ1) is 19.8. The zero-order valence-corrected chi connectivity index (χ0v) is 23.1. The van der Waals surface area contributed by atoms with E-state index in [4.69, 9.17) is 23.2 Å². The van der Waals surface area contributed by atoms with Crippen molar-refractivity contribution in [2.45, 2.75) is 23.8 Å². The van der Waals surface area contributed by atoms with Gasteiger partial charge in [-0.2, -0.15) is 5.26 Å². The van der Waals surface area contributed by atoms with Crippen molar-refractivity contribution in [1.82, 2.24) is 4.90 Å². The fourth-order valence-corrected chi connectivity index (χ4v) is 6.63. The molecule has 2 aliphatic rings. The van der Waals surface area contributed by atoms with E-state index in [1.165, 1.54) is 12.1 Å². The van der Waals surface area contributed by atoms with E-state index in [1.54, 1.807) is 65.6 Å². The summed E-state index contributed by atoms with van der Waals surface area (Å²) in [6.07, 6.45) is 0.439. The van der Waals surface area contributed by atoms with Crippen molar-refractivity contribution in [2.24, 2.45) is 0 Å². The van der Waals surface area contributed by atoms with Crippen LogP contribution in [0.4, 0.5) is 20.6 Å². The molecule has 6 rings (SSSR count). The van der Waals surface area contributed by atoms with Crippen molar-refractivity contribution in [3.8, 4) is 6.07 Å².